The summed E-state index contributed by atoms with van der Waals surface area (Å²) < 4.78 is 0. The van der Waals surface area contributed by atoms with E-state index in [0.29, 0.717) is 5.75 Å². The first-order chi connectivity index (χ1) is 5.63. The van der Waals surface area contributed by atoms with E-state index in [9.17, 15) is 4.79 Å². The van der Waals surface area contributed by atoms with Crippen molar-refractivity contribution in [1.82, 2.24) is 5.43 Å². The molecular formula is C7H16N2O2S. The van der Waals surface area contributed by atoms with Gasteiger partial charge in [0.15, 0.2) is 0 Å². The molecule has 4 N–H and O–H groups in total. The van der Waals surface area contributed by atoms with Crippen LogP contribution in [-0.2, 0) is 4.79 Å². The van der Waals surface area contributed by atoms with Crippen molar-refractivity contribution >= 4 is 17.7 Å². The van der Waals surface area contributed by atoms with Gasteiger partial charge >= 0.3 is 0 Å². The molecule has 0 aromatic rings. The Balaban J connectivity index is 3.95. The summed E-state index contributed by atoms with van der Waals surface area (Å²) >= 11 is 1.42. The van der Waals surface area contributed by atoms with E-state index in [0.717, 1.165) is 0 Å². The van der Waals surface area contributed by atoms with E-state index in [-0.39, 0.29) is 23.7 Å². The molecule has 0 spiro atoms. The Bertz CT molecular complexity index is 141. The fourth-order valence-corrected chi connectivity index (χ4v) is 1.80. The van der Waals surface area contributed by atoms with Crippen LogP contribution in [0.4, 0.5) is 0 Å². The number of hydrogen-bond donors (Lipinski definition) is 3. The SMILES string of the molecule is CC(C)C(SCCO)C(=O)NN. The number of nitrogens with one attached hydrogen (secondary N) is 1. The Kier molecular flexibility index (Phi) is 6.14. The molecule has 0 rings (SSSR count). The van der Waals surface area contributed by atoms with Gasteiger partial charge in [0, 0.05) is 5.75 Å². The van der Waals surface area contributed by atoms with Crippen molar-refractivity contribution in [3.8, 4) is 0 Å². The zero-order chi connectivity index (χ0) is 9.56. The van der Waals surface area contributed by atoms with Gasteiger partial charge in [0.25, 0.3) is 0 Å². The molecule has 1 unspecified atom stereocenters. The first-order valence-corrected chi connectivity index (χ1v) is 4.91. The monoisotopic (exact) mass is 192 g/mol. The molecule has 72 valence electrons. The standard InChI is InChI=1S/C7H16N2O2S/c1-5(2)6(7(11)9-8)12-4-3-10/h5-6,10H,3-4,8H2,1-2H3,(H,9,11). The second-order valence-corrected chi connectivity index (χ2v) is 4.02. The molecule has 4 nitrogen and oxygen atoms in total. The van der Waals surface area contributed by atoms with Crippen molar-refractivity contribution in [1.29, 1.82) is 0 Å². The van der Waals surface area contributed by atoms with E-state index in [2.05, 4.69) is 5.43 Å². The average molecular weight is 192 g/mol. The first kappa shape index (κ1) is 11.7. The molecule has 0 aromatic heterocycles. The van der Waals surface area contributed by atoms with Gasteiger partial charge in [-0.25, -0.2) is 5.84 Å². The van der Waals surface area contributed by atoms with E-state index in [1.165, 1.54) is 11.8 Å². The van der Waals surface area contributed by atoms with E-state index in [1.54, 1.807) is 0 Å². The molecule has 1 atom stereocenters. The summed E-state index contributed by atoms with van der Waals surface area (Å²) in [5.74, 6) is 5.62. The molecule has 12 heavy (non-hydrogen) atoms. The minimum Gasteiger partial charge on any atom is -0.396 e. The highest BCUT2D eigenvalue weighted by atomic mass is 32.2. The largest absolute Gasteiger partial charge is 0.396 e. The van der Waals surface area contributed by atoms with E-state index in [1.807, 2.05) is 13.8 Å². The molecule has 0 aromatic carbocycles. The molecule has 0 aliphatic carbocycles. The van der Waals surface area contributed by atoms with E-state index < -0.39 is 0 Å². The van der Waals surface area contributed by atoms with E-state index in [4.69, 9.17) is 10.9 Å². The summed E-state index contributed by atoms with van der Waals surface area (Å²) in [6.07, 6.45) is 0. The fraction of sp³-hybridized carbons (Fsp3) is 0.857. The second kappa shape index (κ2) is 6.28. The van der Waals surface area contributed by atoms with E-state index >= 15 is 0 Å². The highest BCUT2D eigenvalue weighted by Gasteiger charge is 2.20. The Morgan fingerprint density at radius 2 is 2.25 bits per heavy atom. The van der Waals surface area contributed by atoms with Crippen LogP contribution in [0.1, 0.15) is 13.8 Å². The number of carbonyl (C=O) groups excluding carboxylic acids is 1. The van der Waals surface area contributed by atoms with Crippen LogP contribution in [0.3, 0.4) is 0 Å². The number of thioether (sulfide) groups is 1. The molecule has 0 fully saturated rings. The van der Waals surface area contributed by atoms with Crippen molar-refractivity contribution < 1.29 is 9.90 Å². The lowest BCUT2D eigenvalue weighted by atomic mass is 10.1. The molecule has 0 aliphatic heterocycles. The molecule has 0 saturated heterocycles. The Morgan fingerprint density at radius 3 is 2.58 bits per heavy atom. The predicted molar refractivity (Wildman–Crippen MR) is 50.5 cm³/mol. The van der Waals surface area contributed by atoms with Gasteiger partial charge in [0.1, 0.15) is 0 Å². The van der Waals surface area contributed by atoms with Crippen molar-refractivity contribution in [2.75, 3.05) is 12.4 Å². The number of aliphatic hydroxyl groups is 1. The summed E-state index contributed by atoms with van der Waals surface area (Å²) in [6.45, 7) is 3.99. The van der Waals surface area contributed by atoms with Crippen LogP contribution >= 0.6 is 11.8 Å². The maximum absolute atomic E-state index is 11.1. The van der Waals surface area contributed by atoms with Crippen LogP contribution in [0.15, 0.2) is 0 Å². The van der Waals surface area contributed by atoms with Crippen molar-refractivity contribution in [2.45, 2.75) is 19.1 Å². The highest BCUT2D eigenvalue weighted by molar-refractivity contribution is 8.00. The zero-order valence-corrected chi connectivity index (χ0v) is 8.23. The normalized spacial score (nSPS) is 13.1. The molecule has 0 heterocycles. The smallest absolute Gasteiger partial charge is 0.247 e. The van der Waals surface area contributed by atoms with Crippen LogP contribution in [0.2, 0.25) is 0 Å². The lowest BCUT2D eigenvalue weighted by Gasteiger charge is -2.17. The van der Waals surface area contributed by atoms with Gasteiger partial charge in [-0.2, -0.15) is 0 Å². The maximum atomic E-state index is 11.1. The minimum absolute atomic E-state index is 0.0890. The molecule has 1 amide bonds. The van der Waals surface area contributed by atoms with Crippen LogP contribution in [0, 0.1) is 5.92 Å². The Hall–Kier alpha value is -0.260. The number of amides is 1. The number of carbonyl (C=O) groups is 1. The number of hydrazine groups is 1. The molecule has 0 saturated carbocycles. The Labute approximate surface area is 76.9 Å². The predicted octanol–water partition coefficient (Wildman–Crippen LogP) is -0.274. The number of nitrogens with two attached hydrogens (primary N) is 1. The van der Waals surface area contributed by atoms with Crippen LogP contribution in [0.5, 0.6) is 0 Å². The zero-order valence-electron chi connectivity index (χ0n) is 7.41. The third-order valence-corrected chi connectivity index (χ3v) is 2.93. The van der Waals surface area contributed by atoms with Gasteiger partial charge in [-0.15, -0.1) is 11.8 Å². The molecule has 5 heteroatoms. The van der Waals surface area contributed by atoms with Crippen molar-refractivity contribution in [3.05, 3.63) is 0 Å². The van der Waals surface area contributed by atoms with Crippen LogP contribution in [-0.4, -0.2) is 28.6 Å². The second-order valence-electron chi connectivity index (χ2n) is 2.77. The fourth-order valence-electron chi connectivity index (χ4n) is 0.833. The first-order valence-electron chi connectivity index (χ1n) is 3.86. The van der Waals surface area contributed by atoms with Crippen LogP contribution in [0.25, 0.3) is 0 Å². The van der Waals surface area contributed by atoms with Crippen LogP contribution < -0.4 is 11.3 Å². The van der Waals surface area contributed by atoms with Gasteiger partial charge in [-0.3, -0.25) is 10.2 Å². The highest BCUT2D eigenvalue weighted by Crippen LogP contribution is 2.18. The third kappa shape index (κ3) is 3.94. The quantitative estimate of drug-likeness (QED) is 0.318. The third-order valence-electron chi connectivity index (χ3n) is 1.39. The molecular weight excluding hydrogens is 176 g/mol. The van der Waals surface area contributed by atoms with Gasteiger partial charge in [0.05, 0.1) is 11.9 Å². The Morgan fingerprint density at radius 1 is 1.67 bits per heavy atom. The average Bonchev–Trinajstić information content (AvgIpc) is 2.04. The van der Waals surface area contributed by atoms with Gasteiger partial charge in [0.2, 0.25) is 5.91 Å². The van der Waals surface area contributed by atoms with Crippen molar-refractivity contribution in [3.63, 3.8) is 0 Å². The maximum Gasteiger partial charge on any atom is 0.247 e. The summed E-state index contributed by atoms with van der Waals surface area (Å²) in [5.41, 5.74) is 2.11. The van der Waals surface area contributed by atoms with Crippen molar-refractivity contribution in [2.24, 2.45) is 11.8 Å². The number of aliphatic hydroxyl groups excluding tert-OH is 1. The molecule has 0 bridgehead atoms. The topological polar surface area (TPSA) is 75.3 Å². The molecule has 0 aliphatic rings. The number of rotatable bonds is 5. The summed E-state index contributed by atoms with van der Waals surface area (Å²) in [6, 6.07) is 0. The summed E-state index contributed by atoms with van der Waals surface area (Å²) in [4.78, 5) is 11.1. The summed E-state index contributed by atoms with van der Waals surface area (Å²) in [5, 5.41) is 8.40. The lowest BCUT2D eigenvalue weighted by molar-refractivity contribution is -0.121. The lowest BCUT2D eigenvalue weighted by Crippen LogP contribution is -2.40. The number of hydrogen-bond acceptors (Lipinski definition) is 4. The molecule has 0 radical (unpaired) electrons. The van der Waals surface area contributed by atoms with Gasteiger partial charge in [-0.05, 0) is 5.92 Å². The van der Waals surface area contributed by atoms with Gasteiger partial charge < -0.3 is 5.11 Å². The minimum atomic E-state index is -0.177. The van der Waals surface area contributed by atoms with Gasteiger partial charge in [-0.1, -0.05) is 13.8 Å². The summed E-state index contributed by atoms with van der Waals surface area (Å²) in [7, 11) is 0.